The second-order valence-electron chi connectivity index (χ2n) is 6.98. The van der Waals surface area contributed by atoms with Gasteiger partial charge in [-0.15, -0.1) is 0 Å². The Morgan fingerprint density at radius 2 is 1.90 bits per heavy atom. The first kappa shape index (κ1) is 19.0. The number of halogens is 1. The highest BCUT2D eigenvalue weighted by atomic mass is 35.5. The number of carbonyl (C=O) groups excluding carboxylic acids is 1. The molecular formula is C23H19ClN2O3. The number of aromatic carboxylic acids is 1. The fraction of sp³-hybridized carbons (Fsp3) is 0.130. The molecule has 2 N–H and O–H groups in total. The summed E-state index contributed by atoms with van der Waals surface area (Å²) in [4.78, 5) is 24.1. The smallest absolute Gasteiger partial charge is 0.335 e. The number of nitrogens with zero attached hydrogens (tertiary/aromatic N) is 1. The maximum Gasteiger partial charge on any atom is 0.335 e. The highest BCUT2D eigenvalue weighted by Gasteiger charge is 2.15. The molecule has 0 fully saturated rings. The standard InChI is InChI=1S/C23H19ClN2O3/c24-19-8-5-15(6-9-19)13-16-3-1-2-4-20(16)22(27)25-26-12-11-17-14-18(23(28)29)7-10-21(17)26/h1-5,7-8,10-12,14H,6,9,13H2,(H,25,27)(H,28,29). The largest absolute Gasteiger partial charge is 0.478 e. The van der Waals surface area contributed by atoms with Crippen LogP contribution in [0, 0.1) is 0 Å². The number of nitrogens with one attached hydrogen (secondary N) is 1. The number of aromatic nitrogens is 1. The summed E-state index contributed by atoms with van der Waals surface area (Å²) < 4.78 is 1.61. The highest BCUT2D eigenvalue weighted by molar-refractivity contribution is 6.29. The number of fused-ring (bicyclic) bond motifs is 1. The second-order valence-corrected chi connectivity index (χ2v) is 7.46. The Kier molecular flexibility index (Phi) is 5.23. The topological polar surface area (TPSA) is 71.3 Å². The highest BCUT2D eigenvalue weighted by Crippen LogP contribution is 2.25. The summed E-state index contributed by atoms with van der Waals surface area (Å²) in [5.74, 6) is -1.20. The Balaban J connectivity index is 1.58. The Hall–Kier alpha value is -3.31. The van der Waals surface area contributed by atoms with Gasteiger partial charge in [-0.1, -0.05) is 41.4 Å². The van der Waals surface area contributed by atoms with E-state index in [1.165, 1.54) is 11.6 Å². The monoisotopic (exact) mass is 406 g/mol. The van der Waals surface area contributed by atoms with E-state index in [1.807, 2.05) is 36.4 Å². The predicted octanol–water partition coefficient (Wildman–Crippen LogP) is 5.11. The number of hydrogen-bond donors (Lipinski definition) is 2. The van der Waals surface area contributed by atoms with Gasteiger partial charge in [-0.3, -0.25) is 14.9 Å². The molecule has 0 unspecified atom stereocenters. The van der Waals surface area contributed by atoms with Crippen LogP contribution in [0.15, 0.2) is 77.5 Å². The molecule has 1 aromatic heterocycles. The molecule has 0 radical (unpaired) electrons. The first-order valence-corrected chi connectivity index (χ1v) is 9.67. The molecule has 3 aromatic rings. The maximum atomic E-state index is 13.0. The number of carboxylic acids is 1. The summed E-state index contributed by atoms with van der Waals surface area (Å²) in [5, 5.41) is 10.7. The van der Waals surface area contributed by atoms with Crippen LogP contribution in [-0.2, 0) is 6.42 Å². The van der Waals surface area contributed by atoms with Gasteiger partial charge < -0.3 is 5.11 Å². The quantitative estimate of drug-likeness (QED) is 0.618. The molecule has 1 aliphatic carbocycles. The molecule has 4 rings (SSSR count). The van der Waals surface area contributed by atoms with Gasteiger partial charge in [0.2, 0.25) is 0 Å². The summed E-state index contributed by atoms with van der Waals surface area (Å²) in [6.45, 7) is 0. The fourth-order valence-corrected chi connectivity index (χ4v) is 3.64. The van der Waals surface area contributed by atoms with E-state index < -0.39 is 5.97 Å². The molecule has 2 aromatic carbocycles. The zero-order valence-electron chi connectivity index (χ0n) is 15.6. The van der Waals surface area contributed by atoms with E-state index >= 15 is 0 Å². The zero-order chi connectivity index (χ0) is 20.4. The average molecular weight is 407 g/mol. The van der Waals surface area contributed by atoms with Gasteiger partial charge in [-0.25, -0.2) is 4.79 Å². The molecule has 0 spiro atoms. The van der Waals surface area contributed by atoms with Crippen LogP contribution >= 0.6 is 11.6 Å². The molecule has 29 heavy (non-hydrogen) atoms. The Morgan fingerprint density at radius 1 is 1.07 bits per heavy atom. The van der Waals surface area contributed by atoms with Crippen molar-refractivity contribution in [2.24, 2.45) is 0 Å². The predicted molar refractivity (Wildman–Crippen MR) is 114 cm³/mol. The number of amides is 1. The van der Waals surface area contributed by atoms with E-state index in [2.05, 4.69) is 5.43 Å². The van der Waals surface area contributed by atoms with Gasteiger partial charge in [0.25, 0.3) is 5.91 Å². The van der Waals surface area contributed by atoms with Gasteiger partial charge in [0.05, 0.1) is 11.1 Å². The zero-order valence-corrected chi connectivity index (χ0v) is 16.3. The summed E-state index contributed by atoms with van der Waals surface area (Å²) in [7, 11) is 0. The van der Waals surface area contributed by atoms with Crippen molar-refractivity contribution in [1.29, 1.82) is 0 Å². The first-order chi connectivity index (χ1) is 14.0. The molecule has 5 nitrogen and oxygen atoms in total. The molecule has 1 amide bonds. The molecule has 0 saturated heterocycles. The van der Waals surface area contributed by atoms with Crippen LogP contribution in [0.25, 0.3) is 10.9 Å². The van der Waals surface area contributed by atoms with Crippen molar-refractivity contribution < 1.29 is 14.7 Å². The minimum Gasteiger partial charge on any atom is -0.478 e. The third-order valence-electron chi connectivity index (χ3n) is 5.02. The van der Waals surface area contributed by atoms with Crippen LogP contribution in [0.3, 0.4) is 0 Å². The molecule has 6 heteroatoms. The van der Waals surface area contributed by atoms with Gasteiger partial charge in [0.1, 0.15) is 0 Å². The van der Waals surface area contributed by atoms with Gasteiger partial charge in [-0.2, -0.15) is 0 Å². The number of benzene rings is 2. The van der Waals surface area contributed by atoms with Gasteiger partial charge in [0, 0.05) is 22.2 Å². The average Bonchev–Trinajstić information content (AvgIpc) is 3.12. The van der Waals surface area contributed by atoms with Crippen LogP contribution in [0.2, 0.25) is 0 Å². The molecule has 1 heterocycles. The lowest BCUT2D eigenvalue weighted by atomic mass is 9.94. The van der Waals surface area contributed by atoms with E-state index in [1.54, 1.807) is 29.1 Å². The molecule has 0 bridgehead atoms. The normalized spacial score (nSPS) is 13.7. The third kappa shape index (κ3) is 4.10. The lowest BCUT2D eigenvalue weighted by Gasteiger charge is -2.15. The van der Waals surface area contributed by atoms with E-state index in [0.29, 0.717) is 12.0 Å². The molecule has 0 atom stereocenters. The van der Waals surface area contributed by atoms with Crippen LogP contribution in [-0.4, -0.2) is 21.7 Å². The number of hydrogen-bond acceptors (Lipinski definition) is 2. The SMILES string of the molecule is O=C(O)c1ccc2c(ccn2NC(=O)c2ccccc2CC2=CC=C(Cl)CC2)c1. The first-order valence-electron chi connectivity index (χ1n) is 9.29. The third-order valence-corrected chi connectivity index (χ3v) is 5.34. The van der Waals surface area contributed by atoms with Crippen molar-refractivity contribution in [3.05, 3.63) is 94.2 Å². The summed E-state index contributed by atoms with van der Waals surface area (Å²) in [6, 6.07) is 14.1. The molecular weight excluding hydrogens is 388 g/mol. The van der Waals surface area contributed by atoms with Crippen molar-refractivity contribution in [2.45, 2.75) is 19.3 Å². The van der Waals surface area contributed by atoms with Crippen molar-refractivity contribution >= 4 is 34.4 Å². The van der Waals surface area contributed by atoms with E-state index in [-0.39, 0.29) is 11.5 Å². The van der Waals surface area contributed by atoms with Crippen LogP contribution in [0.1, 0.15) is 39.1 Å². The summed E-state index contributed by atoms with van der Waals surface area (Å²) in [5.41, 5.74) is 6.63. The number of rotatable bonds is 5. The van der Waals surface area contributed by atoms with Crippen molar-refractivity contribution in [3.63, 3.8) is 0 Å². The Labute approximate surface area is 172 Å². The lowest BCUT2D eigenvalue weighted by molar-refractivity contribution is 0.0696. The minimum atomic E-state index is -0.981. The van der Waals surface area contributed by atoms with E-state index in [4.69, 9.17) is 16.7 Å². The number of carboxylic acid groups (broad SMARTS) is 1. The number of allylic oxidation sites excluding steroid dienone is 4. The van der Waals surface area contributed by atoms with E-state index in [0.717, 1.165) is 34.3 Å². The van der Waals surface area contributed by atoms with Crippen LogP contribution < -0.4 is 5.43 Å². The summed E-state index contributed by atoms with van der Waals surface area (Å²) >= 11 is 6.04. The van der Waals surface area contributed by atoms with E-state index in [9.17, 15) is 9.59 Å². The Bertz CT molecular complexity index is 1170. The molecule has 146 valence electrons. The van der Waals surface area contributed by atoms with Gasteiger partial charge in [0.15, 0.2) is 0 Å². The van der Waals surface area contributed by atoms with Crippen molar-refractivity contribution in [3.8, 4) is 0 Å². The lowest BCUT2D eigenvalue weighted by Crippen LogP contribution is -2.23. The molecule has 0 aliphatic heterocycles. The maximum absolute atomic E-state index is 13.0. The Morgan fingerprint density at radius 3 is 2.66 bits per heavy atom. The van der Waals surface area contributed by atoms with Gasteiger partial charge >= 0.3 is 5.97 Å². The summed E-state index contributed by atoms with van der Waals surface area (Å²) in [6.07, 6.45) is 8.07. The van der Waals surface area contributed by atoms with Crippen LogP contribution in [0.4, 0.5) is 0 Å². The fourth-order valence-electron chi connectivity index (χ4n) is 3.49. The number of carbonyl (C=O) groups is 2. The molecule has 1 aliphatic rings. The van der Waals surface area contributed by atoms with Crippen molar-refractivity contribution in [2.75, 3.05) is 5.43 Å². The van der Waals surface area contributed by atoms with Gasteiger partial charge in [-0.05, 0) is 61.2 Å². The van der Waals surface area contributed by atoms with Crippen LogP contribution in [0.5, 0.6) is 0 Å². The minimum absolute atomic E-state index is 0.210. The second kappa shape index (κ2) is 7.97. The molecule has 0 saturated carbocycles. The van der Waals surface area contributed by atoms with Crippen molar-refractivity contribution in [1.82, 2.24) is 4.68 Å².